The van der Waals surface area contributed by atoms with Gasteiger partial charge in [0, 0.05) is 6.04 Å². The summed E-state index contributed by atoms with van der Waals surface area (Å²) in [6.07, 6.45) is -3.71. The smallest absolute Gasteiger partial charge is 0.392 e. The number of sulfonamides is 1. The summed E-state index contributed by atoms with van der Waals surface area (Å²) >= 11 is 0. The zero-order valence-corrected chi connectivity index (χ0v) is 12.2. The number of rotatable bonds is 5. The van der Waals surface area contributed by atoms with Crippen molar-refractivity contribution in [3.05, 3.63) is 29.3 Å². The Labute approximate surface area is 121 Å². The highest BCUT2D eigenvalue weighted by Gasteiger charge is 2.45. The predicted molar refractivity (Wildman–Crippen MR) is 70.1 cm³/mol. The van der Waals surface area contributed by atoms with E-state index in [2.05, 4.69) is 0 Å². The number of hydrogen-bond donors (Lipinski definition) is 1. The molecular formula is C13H16F3NO3S. The molecule has 1 aliphatic carbocycles. The highest BCUT2D eigenvalue weighted by molar-refractivity contribution is 7.89. The topological polar surface area (TPSA) is 57.6 Å². The van der Waals surface area contributed by atoms with Crippen LogP contribution in [0.25, 0.3) is 0 Å². The van der Waals surface area contributed by atoms with Gasteiger partial charge in [-0.3, -0.25) is 0 Å². The SMILES string of the molecule is Cc1c(CO)cccc1S(=O)(=O)N(CC(F)(F)F)C1CC1. The molecule has 1 saturated carbocycles. The van der Waals surface area contributed by atoms with Gasteiger partial charge in [0.25, 0.3) is 0 Å². The zero-order chi connectivity index (χ0) is 15.8. The van der Waals surface area contributed by atoms with E-state index in [0.29, 0.717) is 22.7 Å². The number of halogens is 3. The normalized spacial score (nSPS) is 16.5. The molecule has 0 aliphatic heterocycles. The molecule has 1 aliphatic rings. The molecule has 118 valence electrons. The van der Waals surface area contributed by atoms with Crippen LogP contribution in [0.5, 0.6) is 0 Å². The molecule has 0 aromatic heterocycles. The lowest BCUT2D eigenvalue weighted by Crippen LogP contribution is -2.40. The molecule has 0 unspecified atom stereocenters. The van der Waals surface area contributed by atoms with E-state index in [-0.39, 0.29) is 17.1 Å². The molecule has 1 aromatic rings. The van der Waals surface area contributed by atoms with Gasteiger partial charge in [0.15, 0.2) is 0 Å². The third kappa shape index (κ3) is 3.56. The molecule has 0 bridgehead atoms. The van der Waals surface area contributed by atoms with Gasteiger partial charge in [-0.05, 0) is 37.0 Å². The molecule has 8 heteroatoms. The van der Waals surface area contributed by atoms with Gasteiger partial charge >= 0.3 is 6.18 Å². The molecular weight excluding hydrogens is 307 g/mol. The average Bonchev–Trinajstić information content (AvgIpc) is 3.19. The predicted octanol–water partition coefficient (Wildman–Crippen LogP) is 2.20. The fourth-order valence-corrected chi connectivity index (χ4v) is 4.13. The Morgan fingerprint density at radius 3 is 2.43 bits per heavy atom. The van der Waals surface area contributed by atoms with Crippen molar-refractivity contribution in [2.75, 3.05) is 6.54 Å². The van der Waals surface area contributed by atoms with Crippen LogP contribution in [-0.2, 0) is 16.6 Å². The van der Waals surface area contributed by atoms with E-state index >= 15 is 0 Å². The highest BCUT2D eigenvalue weighted by atomic mass is 32.2. The van der Waals surface area contributed by atoms with Gasteiger partial charge in [-0.1, -0.05) is 12.1 Å². The zero-order valence-electron chi connectivity index (χ0n) is 11.4. The number of aliphatic hydroxyl groups is 1. The van der Waals surface area contributed by atoms with E-state index in [4.69, 9.17) is 5.11 Å². The minimum absolute atomic E-state index is 0.176. The summed E-state index contributed by atoms with van der Waals surface area (Å²) in [6, 6.07) is 3.65. The minimum Gasteiger partial charge on any atom is -0.392 e. The second-order valence-electron chi connectivity index (χ2n) is 5.10. The van der Waals surface area contributed by atoms with Gasteiger partial charge in [0.05, 0.1) is 11.5 Å². The quantitative estimate of drug-likeness (QED) is 0.904. The number of benzene rings is 1. The summed E-state index contributed by atoms with van der Waals surface area (Å²) in [5.41, 5.74) is 0.673. The number of alkyl halides is 3. The molecule has 0 heterocycles. The van der Waals surface area contributed by atoms with Crippen LogP contribution in [0.15, 0.2) is 23.1 Å². The molecule has 2 rings (SSSR count). The van der Waals surface area contributed by atoms with E-state index in [9.17, 15) is 21.6 Å². The molecule has 1 N–H and O–H groups in total. The largest absolute Gasteiger partial charge is 0.402 e. The Hall–Kier alpha value is -1.12. The lowest BCUT2D eigenvalue weighted by atomic mass is 10.1. The molecule has 0 spiro atoms. The van der Waals surface area contributed by atoms with Crippen molar-refractivity contribution < 1.29 is 26.7 Å². The van der Waals surface area contributed by atoms with Crippen molar-refractivity contribution >= 4 is 10.0 Å². The van der Waals surface area contributed by atoms with Crippen molar-refractivity contribution in [3.63, 3.8) is 0 Å². The first-order valence-corrected chi connectivity index (χ1v) is 7.89. The summed E-state index contributed by atoms with van der Waals surface area (Å²) < 4.78 is 63.5. The van der Waals surface area contributed by atoms with E-state index in [1.807, 2.05) is 0 Å². The first-order chi connectivity index (χ1) is 9.66. The summed E-state index contributed by atoms with van der Waals surface area (Å²) in [7, 11) is -4.23. The number of nitrogens with zero attached hydrogens (tertiary/aromatic N) is 1. The van der Waals surface area contributed by atoms with Crippen molar-refractivity contribution in [2.24, 2.45) is 0 Å². The monoisotopic (exact) mass is 323 g/mol. The van der Waals surface area contributed by atoms with E-state index in [0.717, 1.165) is 0 Å². The first kappa shape index (κ1) is 16.3. The fraction of sp³-hybridized carbons (Fsp3) is 0.538. The van der Waals surface area contributed by atoms with Gasteiger partial charge in [-0.25, -0.2) is 8.42 Å². The van der Waals surface area contributed by atoms with Crippen LogP contribution >= 0.6 is 0 Å². The lowest BCUT2D eigenvalue weighted by Gasteiger charge is -2.24. The Morgan fingerprint density at radius 2 is 1.95 bits per heavy atom. The average molecular weight is 323 g/mol. The number of aliphatic hydroxyl groups excluding tert-OH is 1. The molecule has 21 heavy (non-hydrogen) atoms. The third-order valence-electron chi connectivity index (χ3n) is 3.44. The van der Waals surface area contributed by atoms with Gasteiger partial charge in [0.1, 0.15) is 6.54 Å². The van der Waals surface area contributed by atoms with Gasteiger partial charge < -0.3 is 5.11 Å². The van der Waals surface area contributed by atoms with Crippen LogP contribution in [-0.4, -0.2) is 36.6 Å². The van der Waals surface area contributed by atoms with Crippen molar-refractivity contribution in [1.82, 2.24) is 4.31 Å². The molecule has 4 nitrogen and oxygen atoms in total. The van der Waals surface area contributed by atoms with Crippen LogP contribution in [0.3, 0.4) is 0 Å². The van der Waals surface area contributed by atoms with Crippen LogP contribution in [0, 0.1) is 6.92 Å². The van der Waals surface area contributed by atoms with E-state index in [1.54, 1.807) is 6.07 Å². The Bertz CT molecular complexity index is 624. The van der Waals surface area contributed by atoms with Crippen LogP contribution in [0.1, 0.15) is 24.0 Å². The van der Waals surface area contributed by atoms with Crippen molar-refractivity contribution in [1.29, 1.82) is 0 Å². The highest BCUT2D eigenvalue weighted by Crippen LogP contribution is 2.35. The molecule has 0 atom stereocenters. The Balaban J connectivity index is 2.44. The van der Waals surface area contributed by atoms with E-state index in [1.165, 1.54) is 19.1 Å². The van der Waals surface area contributed by atoms with E-state index < -0.39 is 28.8 Å². The maximum atomic E-state index is 12.6. The van der Waals surface area contributed by atoms with Crippen molar-refractivity contribution in [2.45, 2.75) is 43.5 Å². The van der Waals surface area contributed by atoms with Gasteiger partial charge in [-0.15, -0.1) is 0 Å². The molecule has 1 fully saturated rings. The molecule has 1 aromatic carbocycles. The molecule has 0 amide bonds. The third-order valence-corrected chi connectivity index (χ3v) is 5.49. The van der Waals surface area contributed by atoms with Crippen molar-refractivity contribution in [3.8, 4) is 0 Å². The maximum absolute atomic E-state index is 12.6. The van der Waals surface area contributed by atoms with Crippen LogP contribution in [0.4, 0.5) is 13.2 Å². The molecule has 0 saturated heterocycles. The number of hydrogen-bond acceptors (Lipinski definition) is 3. The van der Waals surface area contributed by atoms with Crippen LogP contribution in [0.2, 0.25) is 0 Å². The van der Waals surface area contributed by atoms with Gasteiger partial charge in [-0.2, -0.15) is 17.5 Å². The van der Waals surface area contributed by atoms with Gasteiger partial charge in [0.2, 0.25) is 10.0 Å². The molecule has 0 radical (unpaired) electrons. The second kappa shape index (κ2) is 5.58. The standard InChI is InChI=1S/C13H16F3NO3S/c1-9-10(7-18)3-2-4-12(9)21(19,20)17(11-5-6-11)8-13(14,15)16/h2-4,11,18H,5-8H2,1H3. The first-order valence-electron chi connectivity index (χ1n) is 6.45. The summed E-state index contributed by atoms with van der Waals surface area (Å²) in [5.74, 6) is 0. The summed E-state index contributed by atoms with van der Waals surface area (Å²) in [4.78, 5) is -0.176. The summed E-state index contributed by atoms with van der Waals surface area (Å²) in [5, 5.41) is 9.17. The second-order valence-corrected chi connectivity index (χ2v) is 6.95. The fourth-order valence-electron chi connectivity index (χ4n) is 2.19. The Kier molecular flexibility index (Phi) is 4.32. The maximum Gasteiger partial charge on any atom is 0.402 e. The lowest BCUT2D eigenvalue weighted by molar-refractivity contribution is -0.137. The minimum atomic E-state index is -4.59. The summed E-state index contributed by atoms with van der Waals surface area (Å²) in [6.45, 7) is -0.363. The Morgan fingerprint density at radius 1 is 1.33 bits per heavy atom. The van der Waals surface area contributed by atoms with Crippen LogP contribution < -0.4 is 0 Å².